The molecule has 0 aliphatic carbocycles. The summed E-state index contributed by atoms with van der Waals surface area (Å²) < 4.78 is 0. The number of aromatic nitrogens is 1. The molecule has 1 heterocycles. The van der Waals surface area contributed by atoms with Crippen LogP contribution in [-0.2, 0) is 10.5 Å². The van der Waals surface area contributed by atoms with Gasteiger partial charge in [-0.25, -0.2) is 4.98 Å². The molecule has 0 aromatic carbocycles. The Morgan fingerprint density at radius 1 is 1.71 bits per heavy atom. The Morgan fingerprint density at radius 2 is 2.47 bits per heavy atom. The number of aliphatic hydroxyl groups excluding tert-OH is 1. The molecule has 17 heavy (non-hydrogen) atoms. The zero-order chi connectivity index (χ0) is 12.7. The van der Waals surface area contributed by atoms with Crippen LogP contribution in [0.5, 0.6) is 0 Å². The van der Waals surface area contributed by atoms with Crippen LogP contribution in [-0.4, -0.2) is 34.4 Å². The van der Waals surface area contributed by atoms with Gasteiger partial charge >= 0.3 is 0 Å². The number of hydrogen-bond acceptors (Lipinski definition) is 5. The topological polar surface area (TPSA) is 62.2 Å². The quantitative estimate of drug-likeness (QED) is 0.741. The van der Waals surface area contributed by atoms with Gasteiger partial charge in [-0.05, 0) is 13.8 Å². The molecule has 0 saturated carbocycles. The number of thioether (sulfide) groups is 1. The summed E-state index contributed by atoms with van der Waals surface area (Å²) in [6, 6.07) is -0.159. The minimum absolute atomic E-state index is 0.00601. The van der Waals surface area contributed by atoms with Gasteiger partial charge in [-0.1, -0.05) is 0 Å². The van der Waals surface area contributed by atoms with Gasteiger partial charge in [-0.2, -0.15) is 11.8 Å². The van der Waals surface area contributed by atoms with Gasteiger partial charge in [0.2, 0.25) is 5.91 Å². The number of rotatable bonds is 7. The Hall–Kier alpha value is -0.590. The number of hydrogen-bond donors (Lipinski definition) is 2. The maximum absolute atomic E-state index is 11.4. The SMILES string of the molecule is Cc1nc(CSCCC(=O)NC(C)CO)cs1. The van der Waals surface area contributed by atoms with Crippen LogP contribution < -0.4 is 5.32 Å². The fraction of sp³-hybridized carbons (Fsp3) is 0.636. The van der Waals surface area contributed by atoms with E-state index in [1.807, 2.05) is 6.92 Å². The third-order valence-electron chi connectivity index (χ3n) is 2.07. The predicted molar refractivity (Wildman–Crippen MR) is 72.3 cm³/mol. The van der Waals surface area contributed by atoms with Crippen LogP contribution in [0, 0.1) is 6.92 Å². The number of thiazole rings is 1. The summed E-state index contributed by atoms with van der Waals surface area (Å²) in [4.78, 5) is 15.7. The third kappa shape index (κ3) is 6.05. The lowest BCUT2D eigenvalue weighted by atomic mass is 10.3. The summed E-state index contributed by atoms with van der Waals surface area (Å²) in [7, 11) is 0. The number of nitrogens with one attached hydrogen (secondary N) is 1. The van der Waals surface area contributed by atoms with E-state index in [-0.39, 0.29) is 18.6 Å². The van der Waals surface area contributed by atoms with Crippen LogP contribution >= 0.6 is 23.1 Å². The molecule has 0 spiro atoms. The van der Waals surface area contributed by atoms with Crippen molar-refractivity contribution in [1.29, 1.82) is 0 Å². The molecule has 96 valence electrons. The highest BCUT2D eigenvalue weighted by atomic mass is 32.2. The van der Waals surface area contributed by atoms with Crippen molar-refractivity contribution in [3.8, 4) is 0 Å². The molecule has 4 nitrogen and oxygen atoms in total. The summed E-state index contributed by atoms with van der Waals surface area (Å²) in [6.45, 7) is 3.75. The first-order valence-electron chi connectivity index (χ1n) is 5.50. The second kappa shape index (κ2) is 7.68. The molecule has 6 heteroatoms. The van der Waals surface area contributed by atoms with Crippen molar-refractivity contribution < 1.29 is 9.90 Å². The summed E-state index contributed by atoms with van der Waals surface area (Å²) in [6.07, 6.45) is 0.484. The van der Waals surface area contributed by atoms with E-state index in [1.165, 1.54) is 0 Å². The van der Waals surface area contributed by atoms with E-state index in [1.54, 1.807) is 30.0 Å². The molecule has 1 unspecified atom stereocenters. The normalized spacial score (nSPS) is 12.4. The molecule has 0 saturated heterocycles. The standard InChI is InChI=1S/C11H18N2O2S2/c1-8(5-14)12-11(15)3-4-16-6-10-7-17-9(2)13-10/h7-8,14H,3-6H2,1-2H3,(H,12,15). The average molecular weight is 274 g/mol. The molecule has 1 aromatic rings. The van der Waals surface area contributed by atoms with E-state index in [0.29, 0.717) is 6.42 Å². The molecule has 1 atom stereocenters. The molecule has 2 N–H and O–H groups in total. The lowest BCUT2D eigenvalue weighted by Gasteiger charge is -2.10. The molecule has 1 rings (SSSR count). The van der Waals surface area contributed by atoms with E-state index in [0.717, 1.165) is 22.2 Å². The summed E-state index contributed by atoms with van der Waals surface area (Å²) >= 11 is 3.35. The van der Waals surface area contributed by atoms with Crippen molar-refractivity contribution >= 4 is 29.0 Å². The van der Waals surface area contributed by atoms with E-state index in [9.17, 15) is 4.79 Å². The number of carbonyl (C=O) groups is 1. The van der Waals surface area contributed by atoms with Gasteiger partial charge in [0.05, 0.1) is 17.3 Å². The lowest BCUT2D eigenvalue weighted by Crippen LogP contribution is -2.35. The molecular weight excluding hydrogens is 256 g/mol. The van der Waals surface area contributed by atoms with Gasteiger partial charge < -0.3 is 10.4 Å². The van der Waals surface area contributed by atoms with Crippen molar-refractivity contribution in [3.05, 3.63) is 16.1 Å². The molecule has 0 aliphatic heterocycles. The van der Waals surface area contributed by atoms with Gasteiger partial charge in [-0.3, -0.25) is 4.79 Å². The molecule has 0 radical (unpaired) electrons. The van der Waals surface area contributed by atoms with Gasteiger partial charge in [-0.15, -0.1) is 11.3 Å². The molecule has 1 aromatic heterocycles. The van der Waals surface area contributed by atoms with Crippen LogP contribution in [0.15, 0.2) is 5.38 Å². The first kappa shape index (κ1) is 14.5. The summed E-state index contributed by atoms with van der Waals surface area (Å²) in [5.41, 5.74) is 1.08. The van der Waals surface area contributed by atoms with Crippen LogP contribution in [0.4, 0.5) is 0 Å². The first-order valence-corrected chi connectivity index (χ1v) is 7.54. The minimum atomic E-state index is -0.159. The van der Waals surface area contributed by atoms with Gasteiger partial charge in [0.25, 0.3) is 0 Å². The monoisotopic (exact) mass is 274 g/mol. The van der Waals surface area contributed by atoms with E-state index < -0.39 is 0 Å². The Morgan fingerprint density at radius 3 is 3.06 bits per heavy atom. The molecule has 0 fully saturated rings. The second-order valence-electron chi connectivity index (χ2n) is 3.81. The van der Waals surface area contributed by atoms with Crippen molar-refractivity contribution in [2.24, 2.45) is 0 Å². The second-order valence-corrected chi connectivity index (χ2v) is 5.98. The fourth-order valence-electron chi connectivity index (χ4n) is 1.21. The minimum Gasteiger partial charge on any atom is -0.394 e. The van der Waals surface area contributed by atoms with Crippen molar-refractivity contribution in [2.75, 3.05) is 12.4 Å². The van der Waals surface area contributed by atoms with Crippen LogP contribution in [0.1, 0.15) is 24.0 Å². The Labute approximate surface area is 110 Å². The summed E-state index contributed by atoms with van der Waals surface area (Å²) in [5.74, 6) is 1.63. The van der Waals surface area contributed by atoms with Gasteiger partial charge in [0.15, 0.2) is 0 Å². The van der Waals surface area contributed by atoms with E-state index in [2.05, 4.69) is 15.7 Å². The highest BCUT2D eigenvalue weighted by molar-refractivity contribution is 7.98. The fourth-order valence-corrected chi connectivity index (χ4v) is 2.76. The average Bonchev–Trinajstić information content (AvgIpc) is 2.70. The summed E-state index contributed by atoms with van der Waals surface area (Å²) in [5, 5.41) is 14.6. The Kier molecular flexibility index (Phi) is 6.54. The predicted octanol–water partition coefficient (Wildman–Crippen LogP) is 1.57. The van der Waals surface area contributed by atoms with Crippen molar-refractivity contribution in [2.45, 2.75) is 32.1 Å². The number of nitrogens with zero attached hydrogens (tertiary/aromatic N) is 1. The highest BCUT2D eigenvalue weighted by Crippen LogP contribution is 2.15. The lowest BCUT2D eigenvalue weighted by molar-refractivity contribution is -0.121. The van der Waals surface area contributed by atoms with Crippen LogP contribution in [0.25, 0.3) is 0 Å². The Balaban J connectivity index is 2.10. The number of carbonyl (C=O) groups excluding carboxylic acids is 1. The maximum atomic E-state index is 11.4. The first-order chi connectivity index (χ1) is 8.11. The van der Waals surface area contributed by atoms with E-state index in [4.69, 9.17) is 5.11 Å². The molecule has 1 amide bonds. The van der Waals surface area contributed by atoms with Gasteiger partial charge in [0, 0.05) is 29.3 Å². The number of aliphatic hydroxyl groups is 1. The smallest absolute Gasteiger partial charge is 0.221 e. The largest absolute Gasteiger partial charge is 0.394 e. The Bertz CT molecular complexity index is 355. The van der Waals surface area contributed by atoms with Gasteiger partial charge in [0.1, 0.15) is 0 Å². The van der Waals surface area contributed by atoms with Crippen molar-refractivity contribution in [1.82, 2.24) is 10.3 Å². The van der Waals surface area contributed by atoms with Crippen LogP contribution in [0.2, 0.25) is 0 Å². The number of aryl methyl sites for hydroxylation is 1. The molecule has 0 bridgehead atoms. The van der Waals surface area contributed by atoms with Crippen molar-refractivity contribution in [3.63, 3.8) is 0 Å². The van der Waals surface area contributed by atoms with Crippen LogP contribution in [0.3, 0.4) is 0 Å². The molecule has 0 aliphatic rings. The maximum Gasteiger partial charge on any atom is 0.221 e. The third-order valence-corrected chi connectivity index (χ3v) is 3.89. The zero-order valence-electron chi connectivity index (χ0n) is 10.1. The van der Waals surface area contributed by atoms with E-state index >= 15 is 0 Å². The zero-order valence-corrected chi connectivity index (χ0v) is 11.7. The number of amides is 1. The highest BCUT2D eigenvalue weighted by Gasteiger charge is 2.06. The molecular formula is C11H18N2O2S2.